The minimum Gasteiger partial charge on any atom is -0.474 e. The molecule has 3 N–H and O–H groups in total. The van der Waals surface area contributed by atoms with Crippen molar-refractivity contribution in [2.24, 2.45) is 5.92 Å². The number of hydrogen-bond acceptors (Lipinski definition) is 5. The fraction of sp³-hybridized carbons (Fsp3) is 0.318. The second-order valence-electron chi connectivity index (χ2n) is 7.47. The smallest absolute Gasteiger partial charge is 0.251 e. The van der Waals surface area contributed by atoms with Crippen LogP contribution in [0.15, 0.2) is 42.5 Å². The van der Waals surface area contributed by atoms with E-state index >= 15 is 0 Å². The van der Waals surface area contributed by atoms with Crippen LogP contribution in [0.4, 0.5) is 5.95 Å². The molecule has 3 aromatic rings. The zero-order valence-corrected chi connectivity index (χ0v) is 16.7. The average molecular weight is 378 g/mol. The molecular weight excluding hydrogens is 352 g/mol. The van der Waals surface area contributed by atoms with E-state index in [1.807, 2.05) is 56.3 Å². The third kappa shape index (κ3) is 4.57. The maximum atomic E-state index is 12.2. The summed E-state index contributed by atoms with van der Waals surface area (Å²) in [5, 5.41) is 3.73. The van der Waals surface area contributed by atoms with Crippen LogP contribution < -0.4 is 15.8 Å². The number of aromatic nitrogens is 2. The van der Waals surface area contributed by atoms with Crippen molar-refractivity contribution in [1.82, 2.24) is 15.3 Å². The number of rotatable bonds is 6. The first-order valence-electron chi connectivity index (χ1n) is 9.46. The lowest BCUT2D eigenvalue weighted by Gasteiger charge is -2.13. The van der Waals surface area contributed by atoms with E-state index in [9.17, 15) is 4.79 Å². The molecule has 0 spiro atoms. The molecule has 1 heterocycles. The summed E-state index contributed by atoms with van der Waals surface area (Å²) in [6, 6.07) is 13.4. The first-order chi connectivity index (χ1) is 13.3. The molecule has 0 bridgehead atoms. The van der Waals surface area contributed by atoms with Crippen LogP contribution in [-0.4, -0.2) is 28.5 Å². The van der Waals surface area contributed by atoms with E-state index in [4.69, 9.17) is 10.5 Å². The SMILES string of the molecule is CC(C)CNC(=O)c1ccc(-c2ccc3nc(N)nc(OC(C)C)c3c2)cc1. The molecule has 6 nitrogen and oxygen atoms in total. The van der Waals surface area contributed by atoms with Gasteiger partial charge in [-0.3, -0.25) is 4.79 Å². The van der Waals surface area contributed by atoms with Gasteiger partial charge in [0.05, 0.1) is 17.0 Å². The van der Waals surface area contributed by atoms with Crippen molar-refractivity contribution in [3.8, 4) is 17.0 Å². The van der Waals surface area contributed by atoms with Gasteiger partial charge in [-0.2, -0.15) is 4.98 Å². The van der Waals surface area contributed by atoms with Crippen molar-refractivity contribution in [2.45, 2.75) is 33.8 Å². The number of hydrogen-bond donors (Lipinski definition) is 2. The summed E-state index contributed by atoms with van der Waals surface area (Å²) in [6.07, 6.45) is -0.0233. The Balaban J connectivity index is 1.91. The topological polar surface area (TPSA) is 90.1 Å². The Labute approximate surface area is 165 Å². The van der Waals surface area contributed by atoms with Gasteiger partial charge in [0.15, 0.2) is 0 Å². The van der Waals surface area contributed by atoms with Crippen molar-refractivity contribution in [1.29, 1.82) is 0 Å². The molecule has 0 atom stereocenters. The first kappa shape index (κ1) is 19.6. The Morgan fingerprint density at radius 2 is 1.71 bits per heavy atom. The normalized spacial score (nSPS) is 11.2. The number of nitrogens with one attached hydrogen (secondary N) is 1. The van der Waals surface area contributed by atoms with Crippen molar-refractivity contribution in [3.63, 3.8) is 0 Å². The number of amides is 1. The minimum absolute atomic E-state index is 0.0233. The molecule has 0 aliphatic heterocycles. The maximum absolute atomic E-state index is 12.2. The zero-order valence-electron chi connectivity index (χ0n) is 16.7. The van der Waals surface area contributed by atoms with E-state index in [0.717, 1.165) is 22.0 Å². The van der Waals surface area contributed by atoms with Crippen LogP contribution in [0.2, 0.25) is 0 Å². The van der Waals surface area contributed by atoms with Crippen LogP contribution in [0, 0.1) is 5.92 Å². The van der Waals surface area contributed by atoms with E-state index < -0.39 is 0 Å². The molecule has 0 fully saturated rings. The van der Waals surface area contributed by atoms with Gasteiger partial charge in [0.2, 0.25) is 11.8 Å². The van der Waals surface area contributed by atoms with Gasteiger partial charge in [0.25, 0.3) is 5.91 Å². The van der Waals surface area contributed by atoms with Crippen LogP contribution in [0.25, 0.3) is 22.0 Å². The summed E-state index contributed by atoms with van der Waals surface area (Å²) in [4.78, 5) is 20.7. The molecule has 0 unspecified atom stereocenters. The van der Waals surface area contributed by atoms with Gasteiger partial charge in [0.1, 0.15) is 0 Å². The van der Waals surface area contributed by atoms with E-state index in [1.165, 1.54) is 0 Å². The van der Waals surface area contributed by atoms with Gasteiger partial charge >= 0.3 is 0 Å². The number of nitrogen functional groups attached to an aromatic ring is 1. The Kier molecular flexibility index (Phi) is 5.78. The Bertz CT molecular complexity index is 982. The lowest BCUT2D eigenvalue weighted by Crippen LogP contribution is -2.27. The standard InChI is InChI=1S/C22H26N4O2/c1-13(2)12-24-20(27)16-7-5-15(6-8-16)17-9-10-19-18(11-17)21(28-14(3)4)26-22(23)25-19/h5-11,13-14H,12H2,1-4H3,(H,24,27)(H2,23,25,26). The van der Waals surface area contributed by atoms with E-state index in [0.29, 0.717) is 23.9 Å². The first-order valence-corrected chi connectivity index (χ1v) is 9.46. The molecule has 0 aliphatic rings. The van der Waals surface area contributed by atoms with Gasteiger partial charge in [-0.15, -0.1) is 0 Å². The van der Waals surface area contributed by atoms with Crippen LogP contribution >= 0.6 is 0 Å². The minimum atomic E-state index is -0.0599. The van der Waals surface area contributed by atoms with Crippen molar-refractivity contribution in [3.05, 3.63) is 48.0 Å². The molecule has 28 heavy (non-hydrogen) atoms. The van der Waals surface area contributed by atoms with E-state index in [2.05, 4.69) is 29.1 Å². The summed E-state index contributed by atoms with van der Waals surface area (Å²) in [7, 11) is 0. The molecule has 146 valence electrons. The van der Waals surface area contributed by atoms with Gasteiger partial charge in [-0.25, -0.2) is 4.98 Å². The molecular formula is C22H26N4O2. The third-order valence-corrected chi connectivity index (χ3v) is 4.18. The van der Waals surface area contributed by atoms with Crippen LogP contribution in [0.1, 0.15) is 38.1 Å². The number of benzene rings is 2. The molecule has 0 radical (unpaired) electrons. The summed E-state index contributed by atoms with van der Waals surface area (Å²) < 4.78 is 5.81. The predicted octanol–water partition coefficient (Wildman–Crippen LogP) is 4.05. The van der Waals surface area contributed by atoms with Crippen LogP contribution in [-0.2, 0) is 0 Å². The molecule has 0 saturated heterocycles. The molecule has 2 aromatic carbocycles. The fourth-order valence-corrected chi connectivity index (χ4v) is 2.82. The van der Waals surface area contributed by atoms with Crippen LogP contribution in [0.5, 0.6) is 5.88 Å². The summed E-state index contributed by atoms with van der Waals surface area (Å²) >= 11 is 0. The number of nitrogens with zero attached hydrogens (tertiary/aromatic N) is 2. The second-order valence-corrected chi connectivity index (χ2v) is 7.47. The number of carbonyl (C=O) groups excluding carboxylic acids is 1. The highest BCUT2D eigenvalue weighted by molar-refractivity contribution is 5.95. The highest BCUT2D eigenvalue weighted by atomic mass is 16.5. The molecule has 1 aromatic heterocycles. The van der Waals surface area contributed by atoms with Crippen molar-refractivity contribution < 1.29 is 9.53 Å². The maximum Gasteiger partial charge on any atom is 0.251 e. The fourth-order valence-electron chi connectivity index (χ4n) is 2.82. The monoisotopic (exact) mass is 378 g/mol. The summed E-state index contributed by atoms with van der Waals surface area (Å²) in [5.74, 6) is 1.02. The van der Waals surface area contributed by atoms with Gasteiger partial charge in [-0.1, -0.05) is 32.0 Å². The average Bonchev–Trinajstić information content (AvgIpc) is 2.65. The van der Waals surface area contributed by atoms with Crippen molar-refractivity contribution in [2.75, 3.05) is 12.3 Å². The van der Waals surface area contributed by atoms with Crippen LogP contribution in [0.3, 0.4) is 0 Å². The zero-order chi connectivity index (χ0) is 20.3. The Hall–Kier alpha value is -3.15. The number of carbonyl (C=O) groups is 1. The molecule has 0 aliphatic carbocycles. The molecule has 0 saturated carbocycles. The largest absolute Gasteiger partial charge is 0.474 e. The summed E-state index contributed by atoms with van der Waals surface area (Å²) in [5.41, 5.74) is 9.16. The Morgan fingerprint density at radius 1 is 1.04 bits per heavy atom. The highest BCUT2D eigenvalue weighted by Gasteiger charge is 2.12. The quantitative estimate of drug-likeness (QED) is 0.675. The molecule has 1 amide bonds. The summed E-state index contributed by atoms with van der Waals surface area (Å²) in [6.45, 7) is 8.68. The predicted molar refractivity (Wildman–Crippen MR) is 112 cm³/mol. The molecule has 3 rings (SSSR count). The molecule has 6 heteroatoms. The highest BCUT2D eigenvalue weighted by Crippen LogP contribution is 2.29. The third-order valence-electron chi connectivity index (χ3n) is 4.18. The number of anilines is 1. The number of nitrogens with two attached hydrogens (primary N) is 1. The van der Waals surface area contributed by atoms with Gasteiger partial charge < -0.3 is 15.8 Å². The van der Waals surface area contributed by atoms with E-state index in [1.54, 1.807) is 0 Å². The Morgan fingerprint density at radius 3 is 2.36 bits per heavy atom. The van der Waals surface area contributed by atoms with Gasteiger partial charge in [-0.05, 0) is 55.2 Å². The lowest BCUT2D eigenvalue weighted by molar-refractivity contribution is 0.0949. The lowest BCUT2D eigenvalue weighted by atomic mass is 10.0. The second kappa shape index (κ2) is 8.25. The van der Waals surface area contributed by atoms with E-state index in [-0.39, 0.29) is 18.0 Å². The van der Waals surface area contributed by atoms with Gasteiger partial charge in [0, 0.05) is 12.1 Å². The van der Waals surface area contributed by atoms with Crippen molar-refractivity contribution >= 4 is 22.8 Å². The number of fused-ring (bicyclic) bond motifs is 1. The number of ether oxygens (including phenoxy) is 1.